The molecule has 0 radical (unpaired) electrons. The lowest BCUT2D eigenvalue weighted by molar-refractivity contribution is -0.211. The van der Waals surface area contributed by atoms with Gasteiger partial charge in [-0.15, -0.1) is 11.8 Å². The van der Waals surface area contributed by atoms with E-state index in [2.05, 4.69) is 12.2 Å². The average Bonchev–Trinajstić information content (AvgIpc) is 3.22. The summed E-state index contributed by atoms with van der Waals surface area (Å²) in [4.78, 5) is 14.9. The highest BCUT2D eigenvalue weighted by molar-refractivity contribution is 7.99. The van der Waals surface area contributed by atoms with Crippen molar-refractivity contribution >= 4 is 17.7 Å². The standard InChI is InChI=1S/C18H34N2O6S.C7H8O/c1-5-6-10-7-11(20(3)8-10)17(25)19-12(9(2)21)16-14(23)13(22)15(24)18(26-16)27-4;8-6-7-4-2-1-3-5-7/h9-16,18,21-24H,5-8H2,1-4H3,(H,19,25);1-5,8H,6H2/t9?,10-,11+,12?,13+,14-,15-,16-,18-;/m1./s1. The minimum Gasteiger partial charge on any atom is -0.392 e. The fraction of sp³-hybridized carbons (Fsp3) is 0.720. The van der Waals surface area contributed by atoms with Crippen molar-refractivity contribution in [2.24, 2.45) is 5.92 Å². The van der Waals surface area contributed by atoms with Crippen LogP contribution < -0.4 is 5.32 Å². The molecule has 9 atom stereocenters. The Balaban J connectivity index is 0.000000456. The molecule has 2 unspecified atom stereocenters. The van der Waals surface area contributed by atoms with E-state index < -0.39 is 42.0 Å². The topological polar surface area (TPSA) is 143 Å². The SMILES string of the molecule is CCC[C@@H]1C[C@@H](C(=O)NC(C(C)O)[C@H]2O[C@H](SC)[C@H](O)[C@@H](O)[C@H]2O)N(C)C1.OCc1ccccc1. The van der Waals surface area contributed by atoms with Crippen molar-refractivity contribution in [2.75, 3.05) is 19.8 Å². The van der Waals surface area contributed by atoms with E-state index in [-0.39, 0.29) is 18.6 Å². The van der Waals surface area contributed by atoms with Crippen LogP contribution in [-0.2, 0) is 16.1 Å². The molecule has 6 N–H and O–H groups in total. The molecule has 35 heavy (non-hydrogen) atoms. The smallest absolute Gasteiger partial charge is 0.237 e. The molecule has 200 valence electrons. The zero-order valence-corrected chi connectivity index (χ0v) is 21.8. The molecule has 2 heterocycles. The van der Waals surface area contributed by atoms with Crippen LogP contribution in [0.5, 0.6) is 0 Å². The van der Waals surface area contributed by atoms with Crippen LogP contribution in [0.25, 0.3) is 0 Å². The van der Waals surface area contributed by atoms with Crippen LogP contribution in [0.3, 0.4) is 0 Å². The lowest BCUT2D eigenvalue weighted by Crippen LogP contribution is -2.65. The van der Waals surface area contributed by atoms with Crippen LogP contribution in [0, 0.1) is 5.92 Å². The summed E-state index contributed by atoms with van der Waals surface area (Å²) in [6.45, 7) is 4.62. The van der Waals surface area contributed by atoms with Crippen molar-refractivity contribution in [3.8, 4) is 0 Å². The van der Waals surface area contributed by atoms with E-state index >= 15 is 0 Å². The number of ether oxygens (including phenoxy) is 1. The van der Waals surface area contributed by atoms with Crippen molar-refractivity contribution in [1.82, 2.24) is 10.2 Å². The van der Waals surface area contributed by atoms with Crippen molar-refractivity contribution in [3.05, 3.63) is 35.9 Å². The first-order valence-corrected chi connectivity index (χ1v) is 13.5. The second kappa shape index (κ2) is 14.5. The quantitative estimate of drug-likeness (QED) is 0.289. The summed E-state index contributed by atoms with van der Waals surface area (Å²) >= 11 is 1.20. The summed E-state index contributed by atoms with van der Waals surface area (Å²) in [5.41, 5.74) is 0.210. The van der Waals surface area contributed by atoms with Crippen LogP contribution in [-0.4, -0.2) is 104 Å². The van der Waals surface area contributed by atoms with E-state index in [1.807, 2.05) is 42.3 Å². The minimum atomic E-state index is -1.42. The van der Waals surface area contributed by atoms with Gasteiger partial charge in [0.2, 0.25) is 5.91 Å². The van der Waals surface area contributed by atoms with Crippen molar-refractivity contribution in [1.29, 1.82) is 0 Å². The molecule has 2 aliphatic rings. The Morgan fingerprint density at radius 1 is 1.20 bits per heavy atom. The number of likely N-dealkylation sites (N-methyl/N-ethyl adjacent to an activating group) is 1. The number of carbonyl (C=O) groups excluding carboxylic acids is 1. The summed E-state index contributed by atoms with van der Waals surface area (Å²) in [6.07, 6.45) is -1.50. The Morgan fingerprint density at radius 2 is 1.86 bits per heavy atom. The highest BCUT2D eigenvalue weighted by Gasteiger charge is 2.48. The van der Waals surface area contributed by atoms with Gasteiger partial charge in [-0.3, -0.25) is 9.69 Å². The molecule has 2 fully saturated rings. The maximum atomic E-state index is 12.8. The predicted octanol–water partition coefficient (Wildman–Crippen LogP) is 0.322. The number of nitrogens with one attached hydrogen (secondary N) is 1. The summed E-state index contributed by atoms with van der Waals surface area (Å²) in [5, 5.41) is 52.1. The van der Waals surface area contributed by atoms with E-state index in [9.17, 15) is 25.2 Å². The van der Waals surface area contributed by atoms with Gasteiger partial charge in [-0.05, 0) is 44.6 Å². The molecule has 1 aromatic carbocycles. The first-order chi connectivity index (χ1) is 16.6. The lowest BCUT2D eigenvalue weighted by Gasteiger charge is -2.44. The summed E-state index contributed by atoms with van der Waals surface area (Å²) in [5.74, 6) is 0.245. The van der Waals surface area contributed by atoms with Crippen LogP contribution in [0.1, 0.15) is 38.7 Å². The molecule has 2 aliphatic heterocycles. The highest BCUT2D eigenvalue weighted by Crippen LogP contribution is 2.30. The lowest BCUT2D eigenvalue weighted by atomic mass is 9.92. The number of benzene rings is 1. The van der Waals surface area contributed by atoms with E-state index in [0.29, 0.717) is 5.92 Å². The molecule has 0 aliphatic carbocycles. The van der Waals surface area contributed by atoms with E-state index in [0.717, 1.165) is 31.4 Å². The Bertz CT molecular complexity index is 755. The molecular formula is C25H42N2O7S. The Morgan fingerprint density at radius 3 is 2.37 bits per heavy atom. The van der Waals surface area contributed by atoms with Gasteiger partial charge in [0.1, 0.15) is 29.9 Å². The van der Waals surface area contributed by atoms with Crippen LogP contribution >= 0.6 is 11.8 Å². The van der Waals surface area contributed by atoms with Gasteiger partial charge in [0.25, 0.3) is 0 Å². The van der Waals surface area contributed by atoms with Crippen LogP contribution in [0.15, 0.2) is 30.3 Å². The van der Waals surface area contributed by atoms with Gasteiger partial charge < -0.3 is 35.6 Å². The van der Waals surface area contributed by atoms with Crippen LogP contribution in [0.2, 0.25) is 0 Å². The molecule has 0 aromatic heterocycles. The predicted molar refractivity (Wildman–Crippen MR) is 136 cm³/mol. The number of amides is 1. The molecule has 0 saturated carbocycles. The fourth-order valence-electron chi connectivity index (χ4n) is 4.72. The van der Waals surface area contributed by atoms with E-state index in [1.54, 1.807) is 6.26 Å². The van der Waals surface area contributed by atoms with Gasteiger partial charge >= 0.3 is 0 Å². The minimum absolute atomic E-state index is 0.140. The number of hydrogen-bond donors (Lipinski definition) is 6. The monoisotopic (exact) mass is 514 g/mol. The number of rotatable bonds is 8. The molecule has 0 bridgehead atoms. The third-order valence-corrected chi connectivity index (χ3v) is 7.54. The number of likely N-dealkylation sites (tertiary alicyclic amines) is 1. The van der Waals surface area contributed by atoms with Crippen molar-refractivity contribution < 1.29 is 35.1 Å². The van der Waals surface area contributed by atoms with Gasteiger partial charge in [-0.25, -0.2) is 0 Å². The first kappa shape index (κ1) is 30.0. The largest absolute Gasteiger partial charge is 0.392 e. The average molecular weight is 515 g/mol. The third-order valence-electron chi connectivity index (χ3n) is 6.68. The number of nitrogens with zero attached hydrogens (tertiary/aromatic N) is 1. The first-order valence-electron chi connectivity index (χ1n) is 12.2. The molecule has 1 amide bonds. The molecular weight excluding hydrogens is 472 g/mol. The normalized spacial score (nSPS) is 32.9. The third kappa shape index (κ3) is 8.13. The number of thioether (sulfide) groups is 1. The Hall–Kier alpha value is -1.24. The van der Waals surface area contributed by atoms with Crippen molar-refractivity contribution in [2.45, 2.75) is 87.8 Å². The van der Waals surface area contributed by atoms with E-state index in [4.69, 9.17) is 9.84 Å². The number of hydrogen-bond acceptors (Lipinski definition) is 9. The molecule has 0 spiro atoms. The second-order valence-corrected chi connectivity index (χ2v) is 10.4. The van der Waals surface area contributed by atoms with Gasteiger partial charge in [0.05, 0.1) is 24.8 Å². The number of aliphatic hydroxyl groups excluding tert-OH is 5. The number of aliphatic hydroxyl groups is 5. The molecule has 9 nitrogen and oxygen atoms in total. The van der Waals surface area contributed by atoms with E-state index in [1.165, 1.54) is 18.7 Å². The van der Waals surface area contributed by atoms with Crippen molar-refractivity contribution in [3.63, 3.8) is 0 Å². The van der Waals surface area contributed by atoms with Gasteiger partial charge in [-0.2, -0.15) is 0 Å². The maximum Gasteiger partial charge on any atom is 0.237 e. The van der Waals surface area contributed by atoms with Gasteiger partial charge in [0.15, 0.2) is 0 Å². The summed E-state index contributed by atoms with van der Waals surface area (Å²) < 4.78 is 5.72. The molecule has 2 saturated heterocycles. The van der Waals surface area contributed by atoms with Gasteiger partial charge in [0, 0.05) is 6.54 Å². The summed E-state index contributed by atoms with van der Waals surface area (Å²) in [6, 6.07) is 8.33. The Kier molecular flexibility index (Phi) is 12.4. The van der Waals surface area contributed by atoms with Gasteiger partial charge in [-0.1, -0.05) is 43.7 Å². The zero-order valence-electron chi connectivity index (χ0n) is 21.0. The second-order valence-electron chi connectivity index (χ2n) is 9.44. The zero-order chi connectivity index (χ0) is 26.1. The Labute approximate surface area is 212 Å². The molecule has 3 rings (SSSR count). The van der Waals surface area contributed by atoms with Crippen LogP contribution in [0.4, 0.5) is 0 Å². The fourth-order valence-corrected chi connectivity index (χ4v) is 5.39. The molecule has 1 aromatic rings. The maximum absolute atomic E-state index is 12.8. The summed E-state index contributed by atoms with van der Waals surface area (Å²) in [7, 11) is 1.91. The number of carbonyl (C=O) groups is 1. The molecule has 10 heteroatoms. The highest BCUT2D eigenvalue weighted by atomic mass is 32.2.